The number of piperazine rings is 1. The zero-order chi connectivity index (χ0) is 21.2. The average molecular weight is 395 g/mol. The summed E-state index contributed by atoms with van der Waals surface area (Å²) in [4.78, 5) is 18.7. The Hall–Kier alpha value is -3.12. The lowest BCUT2D eigenvalue weighted by molar-refractivity contribution is 0.0589. The minimum absolute atomic E-state index is 0.304. The zero-order valence-corrected chi connectivity index (χ0v) is 17.5. The third kappa shape index (κ3) is 5.23. The molecular formula is C23H30N4O2. The van der Waals surface area contributed by atoms with E-state index in [4.69, 9.17) is 4.74 Å². The topological polar surface area (TPSA) is 59.4 Å². The van der Waals surface area contributed by atoms with Crippen molar-refractivity contribution >= 4 is 11.8 Å². The summed E-state index contributed by atoms with van der Waals surface area (Å²) < 4.78 is 6.95. The van der Waals surface area contributed by atoms with Gasteiger partial charge >= 0.3 is 5.97 Å². The average Bonchev–Trinajstić information content (AvgIpc) is 3.03. The summed E-state index contributed by atoms with van der Waals surface area (Å²) in [7, 11) is 3.35. The molecule has 1 fully saturated rings. The number of carbonyl (C=O) groups excluding carboxylic acids is 1. The lowest BCUT2D eigenvalue weighted by Crippen LogP contribution is -2.44. The SMILES string of the molecule is C=C/C=C\C=C.COC(=O)c1c(C)c(-c2ccncc2)c(N2CCNCC2)n1C. The van der Waals surface area contributed by atoms with Crippen molar-refractivity contribution in [1.82, 2.24) is 14.9 Å². The fourth-order valence-electron chi connectivity index (χ4n) is 3.47. The number of hydrogen-bond acceptors (Lipinski definition) is 5. The second-order valence-corrected chi connectivity index (χ2v) is 6.55. The van der Waals surface area contributed by atoms with Crippen molar-refractivity contribution < 1.29 is 9.53 Å². The van der Waals surface area contributed by atoms with Gasteiger partial charge in [0.05, 0.1) is 7.11 Å². The van der Waals surface area contributed by atoms with Gasteiger partial charge < -0.3 is 19.5 Å². The number of nitrogens with one attached hydrogen (secondary N) is 1. The highest BCUT2D eigenvalue weighted by atomic mass is 16.5. The minimum atomic E-state index is -0.304. The van der Waals surface area contributed by atoms with E-state index in [0.29, 0.717) is 5.69 Å². The van der Waals surface area contributed by atoms with Gasteiger partial charge in [0.2, 0.25) is 0 Å². The van der Waals surface area contributed by atoms with Crippen LogP contribution in [0.25, 0.3) is 11.1 Å². The smallest absolute Gasteiger partial charge is 0.355 e. The fourth-order valence-corrected chi connectivity index (χ4v) is 3.47. The quantitative estimate of drug-likeness (QED) is 0.621. The molecule has 0 radical (unpaired) electrons. The van der Waals surface area contributed by atoms with Gasteiger partial charge in [-0.1, -0.05) is 37.5 Å². The Kier molecular flexibility index (Phi) is 8.43. The van der Waals surface area contributed by atoms with Gasteiger partial charge in [0.25, 0.3) is 0 Å². The van der Waals surface area contributed by atoms with Gasteiger partial charge in [-0.05, 0) is 30.2 Å². The molecule has 0 aliphatic carbocycles. The maximum Gasteiger partial charge on any atom is 0.355 e. The fraction of sp³-hybridized carbons (Fsp3) is 0.304. The molecule has 0 bridgehead atoms. The standard InChI is InChI=1S/C17H22N4O2.C6H8/c1-12-14(13-4-6-18-7-5-13)16(21-10-8-19-9-11-21)20(2)15(12)17(22)23-3;1-3-5-6-4-2/h4-7,19H,8-11H2,1-3H3;3-6H,1-2H2/b;6-5-. The number of carbonyl (C=O) groups is 1. The van der Waals surface area contributed by atoms with E-state index in [1.54, 1.807) is 24.5 Å². The van der Waals surface area contributed by atoms with Crippen molar-refractivity contribution in [3.05, 3.63) is 73.2 Å². The predicted molar refractivity (Wildman–Crippen MR) is 119 cm³/mol. The van der Waals surface area contributed by atoms with Crippen molar-refractivity contribution in [2.75, 3.05) is 38.2 Å². The summed E-state index contributed by atoms with van der Waals surface area (Å²) in [5, 5.41) is 3.37. The Morgan fingerprint density at radius 3 is 2.28 bits per heavy atom. The number of esters is 1. The molecule has 0 atom stereocenters. The van der Waals surface area contributed by atoms with Crippen molar-refractivity contribution in [2.24, 2.45) is 7.05 Å². The molecule has 1 aliphatic rings. The van der Waals surface area contributed by atoms with Crippen LogP contribution in [0.4, 0.5) is 5.82 Å². The van der Waals surface area contributed by atoms with Crippen LogP contribution in [0.2, 0.25) is 0 Å². The predicted octanol–water partition coefficient (Wildman–Crippen LogP) is 3.51. The molecule has 154 valence electrons. The molecule has 0 amide bonds. The minimum Gasteiger partial charge on any atom is -0.464 e. The highest BCUT2D eigenvalue weighted by Crippen LogP contribution is 2.38. The van der Waals surface area contributed by atoms with Crippen LogP contribution in [0.1, 0.15) is 16.1 Å². The summed E-state index contributed by atoms with van der Waals surface area (Å²) in [6.07, 6.45) is 10.6. The maximum absolute atomic E-state index is 12.2. The molecule has 2 aromatic rings. The number of aromatic nitrogens is 2. The van der Waals surface area contributed by atoms with E-state index in [0.717, 1.165) is 48.7 Å². The van der Waals surface area contributed by atoms with Gasteiger partial charge in [-0.15, -0.1) is 0 Å². The van der Waals surface area contributed by atoms with Gasteiger partial charge in [-0.25, -0.2) is 4.79 Å². The van der Waals surface area contributed by atoms with Crippen LogP contribution in [0.15, 0.2) is 62.0 Å². The Morgan fingerprint density at radius 1 is 1.17 bits per heavy atom. The van der Waals surface area contributed by atoms with E-state index in [-0.39, 0.29) is 5.97 Å². The Bertz CT molecular complexity index is 853. The third-order valence-electron chi connectivity index (χ3n) is 4.75. The van der Waals surface area contributed by atoms with Crippen molar-refractivity contribution in [3.8, 4) is 11.1 Å². The highest BCUT2D eigenvalue weighted by Gasteiger charge is 2.28. The molecule has 6 nitrogen and oxygen atoms in total. The molecule has 1 saturated heterocycles. The Balaban J connectivity index is 0.000000438. The number of ether oxygens (including phenoxy) is 1. The van der Waals surface area contributed by atoms with E-state index < -0.39 is 0 Å². The summed E-state index contributed by atoms with van der Waals surface area (Å²) in [6.45, 7) is 12.6. The third-order valence-corrected chi connectivity index (χ3v) is 4.75. The van der Waals surface area contributed by atoms with E-state index in [1.165, 1.54) is 7.11 Å². The van der Waals surface area contributed by atoms with Crippen LogP contribution in [0, 0.1) is 6.92 Å². The number of nitrogens with zero attached hydrogens (tertiary/aromatic N) is 3. The first-order valence-corrected chi connectivity index (χ1v) is 9.60. The zero-order valence-electron chi connectivity index (χ0n) is 17.5. The molecule has 0 spiro atoms. The second-order valence-electron chi connectivity index (χ2n) is 6.55. The normalized spacial score (nSPS) is 13.6. The van der Waals surface area contributed by atoms with Gasteiger partial charge in [0, 0.05) is 51.2 Å². The lowest BCUT2D eigenvalue weighted by Gasteiger charge is -2.31. The molecule has 6 heteroatoms. The van der Waals surface area contributed by atoms with Crippen LogP contribution in [0.3, 0.4) is 0 Å². The highest BCUT2D eigenvalue weighted by molar-refractivity contribution is 5.96. The lowest BCUT2D eigenvalue weighted by atomic mass is 10.0. The van der Waals surface area contributed by atoms with E-state index in [2.05, 4.69) is 28.4 Å². The number of allylic oxidation sites excluding steroid dienone is 4. The van der Waals surface area contributed by atoms with E-state index in [9.17, 15) is 4.79 Å². The van der Waals surface area contributed by atoms with Gasteiger partial charge in [0.15, 0.2) is 0 Å². The summed E-state index contributed by atoms with van der Waals surface area (Å²) in [5.74, 6) is 0.761. The molecule has 2 aromatic heterocycles. The van der Waals surface area contributed by atoms with Gasteiger partial charge in [-0.3, -0.25) is 4.98 Å². The first-order chi connectivity index (χ1) is 14.1. The van der Waals surface area contributed by atoms with Crippen LogP contribution in [-0.4, -0.2) is 48.8 Å². The Morgan fingerprint density at radius 2 is 1.76 bits per heavy atom. The van der Waals surface area contributed by atoms with Crippen LogP contribution >= 0.6 is 0 Å². The molecule has 1 N–H and O–H groups in total. The number of pyridine rings is 1. The molecule has 3 heterocycles. The van der Waals surface area contributed by atoms with E-state index in [1.807, 2.05) is 42.8 Å². The number of rotatable bonds is 5. The Labute approximate surface area is 173 Å². The van der Waals surface area contributed by atoms with E-state index >= 15 is 0 Å². The first kappa shape index (κ1) is 22.2. The molecular weight excluding hydrogens is 364 g/mol. The molecule has 1 aliphatic heterocycles. The van der Waals surface area contributed by atoms with Crippen LogP contribution < -0.4 is 10.2 Å². The first-order valence-electron chi connectivity index (χ1n) is 9.60. The number of anilines is 1. The van der Waals surface area contributed by atoms with Crippen molar-refractivity contribution in [3.63, 3.8) is 0 Å². The molecule has 0 unspecified atom stereocenters. The monoisotopic (exact) mass is 394 g/mol. The maximum atomic E-state index is 12.2. The summed E-state index contributed by atoms with van der Waals surface area (Å²) >= 11 is 0. The number of methoxy groups -OCH3 is 1. The number of hydrogen-bond donors (Lipinski definition) is 1. The molecule has 29 heavy (non-hydrogen) atoms. The summed E-state index contributed by atoms with van der Waals surface area (Å²) in [5.41, 5.74) is 3.70. The molecule has 3 rings (SSSR count). The summed E-state index contributed by atoms with van der Waals surface area (Å²) in [6, 6.07) is 3.96. The van der Waals surface area contributed by atoms with Gasteiger partial charge in [-0.2, -0.15) is 0 Å². The van der Waals surface area contributed by atoms with Crippen molar-refractivity contribution in [2.45, 2.75) is 6.92 Å². The largest absolute Gasteiger partial charge is 0.464 e. The molecule has 0 aromatic carbocycles. The van der Waals surface area contributed by atoms with Crippen LogP contribution in [-0.2, 0) is 11.8 Å². The van der Waals surface area contributed by atoms with Crippen molar-refractivity contribution in [1.29, 1.82) is 0 Å². The van der Waals surface area contributed by atoms with Crippen LogP contribution in [0.5, 0.6) is 0 Å². The molecule has 0 saturated carbocycles. The second kappa shape index (κ2) is 11.0. The van der Waals surface area contributed by atoms with Gasteiger partial charge in [0.1, 0.15) is 11.5 Å².